The Labute approximate surface area is 144 Å². The van der Waals surface area contributed by atoms with E-state index in [-0.39, 0.29) is 5.54 Å². The Kier molecular flexibility index (Phi) is 11.4. The summed E-state index contributed by atoms with van der Waals surface area (Å²) in [5.41, 5.74) is 8.90. The standard InChI is InChI=1S/C17H23N.C3H8.C2H6/c1-17(2,18)16-10-6-9-15(11-12-16)13-14-7-4-3-5-8-14;1-3-2;1-2/h3-9,11,16H,10,12-13,18H2,1-2H3;3H2,1-2H3;1-2H3. The molecule has 1 unspecified atom stereocenters. The van der Waals surface area contributed by atoms with Gasteiger partial charge in [0.1, 0.15) is 0 Å². The fourth-order valence-corrected chi connectivity index (χ4v) is 2.41. The van der Waals surface area contributed by atoms with Gasteiger partial charge in [-0.05, 0) is 50.2 Å². The summed E-state index contributed by atoms with van der Waals surface area (Å²) in [7, 11) is 0. The van der Waals surface area contributed by atoms with Gasteiger partial charge < -0.3 is 5.73 Å². The topological polar surface area (TPSA) is 26.0 Å². The summed E-state index contributed by atoms with van der Waals surface area (Å²) < 4.78 is 0. The van der Waals surface area contributed by atoms with E-state index >= 15 is 0 Å². The van der Waals surface area contributed by atoms with Crippen molar-refractivity contribution >= 4 is 0 Å². The lowest BCUT2D eigenvalue weighted by Gasteiger charge is -2.28. The highest BCUT2D eigenvalue weighted by Crippen LogP contribution is 2.26. The minimum atomic E-state index is -0.0942. The summed E-state index contributed by atoms with van der Waals surface area (Å²) in [4.78, 5) is 0. The summed E-state index contributed by atoms with van der Waals surface area (Å²) in [6.07, 6.45) is 11.3. The highest BCUT2D eigenvalue weighted by molar-refractivity contribution is 5.29. The summed E-state index contributed by atoms with van der Waals surface area (Å²) >= 11 is 0. The Balaban J connectivity index is 0.000000868. The first-order chi connectivity index (χ1) is 11.0. The van der Waals surface area contributed by atoms with Crippen molar-refractivity contribution < 1.29 is 0 Å². The van der Waals surface area contributed by atoms with Crippen LogP contribution in [0.25, 0.3) is 0 Å². The Morgan fingerprint density at radius 1 is 1.04 bits per heavy atom. The minimum absolute atomic E-state index is 0.0942. The number of hydrogen-bond donors (Lipinski definition) is 1. The highest BCUT2D eigenvalue weighted by Gasteiger charge is 2.23. The lowest BCUT2D eigenvalue weighted by atomic mass is 9.84. The second kappa shape index (κ2) is 12.1. The molecule has 23 heavy (non-hydrogen) atoms. The van der Waals surface area contributed by atoms with E-state index in [4.69, 9.17) is 5.73 Å². The third kappa shape index (κ3) is 9.40. The summed E-state index contributed by atoms with van der Waals surface area (Å²) in [6, 6.07) is 10.6. The average Bonchev–Trinajstić information content (AvgIpc) is 2.77. The van der Waals surface area contributed by atoms with Gasteiger partial charge in [0.25, 0.3) is 0 Å². The van der Waals surface area contributed by atoms with Crippen LogP contribution in [0.15, 0.2) is 54.1 Å². The minimum Gasteiger partial charge on any atom is -0.325 e. The Morgan fingerprint density at radius 2 is 1.61 bits per heavy atom. The molecule has 0 spiro atoms. The molecule has 1 heteroatoms. The molecule has 1 aromatic rings. The SMILES string of the molecule is CC.CC(C)(N)C1CC=CC(Cc2ccccc2)=CC1.CCC. The first-order valence-electron chi connectivity index (χ1n) is 9.15. The number of allylic oxidation sites excluding steroid dienone is 4. The smallest absolute Gasteiger partial charge is 0.0131 e. The molecule has 1 nitrogen and oxygen atoms in total. The van der Waals surface area contributed by atoms with Crippen molar-refractivity contribution in [1.82, 2.24) is 0 Å². The van der Waals surface area contributed by atoms with E-state index in [0.29, 0.717) is 5.92 Å². The zero-order valence-electron chi connectivity index (χ0n) is 16.1. The molecule has 0 aliphatic heterocycles. The van der Waals surface area contributed by atoms with E-state index in [9.17, 15) is 0 Å². The van der Waals surface area contributed by atoms with Crippen LogP contribution >= 0.6 is 0 Å². The van der Waals surface area contributed by atoms with E-state index in [1.807, 2.05) is 13.8 Å². The predicted octanol–water partition coefficient (Wildman–Crippen LogP) is 6.30. The molecule has 0 saturated carbocycles. The van der Waals surface area contributed by atoms with E-state index in [0.717, 1.165) is 19.3 Å². The molecular weight excluding hydrogens is 278 g/mol. The normalized spacial score (nSPS) is 17.0. The van der Waals surface area contributed by atoms with E-state index in [1.165, 1.54) is 17.6 Å². The molecular formula is C22H37N. The van der Waals surface area contributed by atoms with Gasteiger partial charge in [-0.25, -0.2) is 0 Å². The predicted molar refractivity (Wildman–Crippen MR) is 106 cm³/mol. The van der Waals surface area contributed by atoms with Gasteiger partial charge in [-0.2, -0.15) is 0 Å². The zero-order valence-corrected chi connectivity index (χ0v) is 16.1. The third-order valence-electron chi connectivity index (χ3n) is 3.72. The van der Waals surface area contributed by atoms with Crippen LogP contribution in [0.2, 0.25) is 0 Å². The van der Waals surface area contributed by atoms with Crippen molar-refractivity contribution in [3.05, 3.63) is 59.7 Å². The lowest BCUT2D eigenvalue weighted by molar-refractivity contribution is 0.326. The van der Waals surface area contributed by atoms with E-state index in [1.54, 1.807) is 0 Å². The van der Waals surface area contributed by atoms with Gasteiger partial charge in [0, 0.05) is 5.54 Å². The zero-order chi connectivity index (χ0) is 17.7. The Bertz CT molecular complexity index is 449. The molecule has 0 radical (unpaired) electrons. The Hall–Kier alpha value is -1.34. The van der Waals surface area contributed by atoms with Crippen LogP contribution in [0, 0.1) is 5.92 Å². The molecule has 0 fully saturated rings. The van der Waals surface area contributed by atoms with Crippen molar-refractivity contribution in [2.75, 3.05) is 0 Å². The number of nitrogens with two attached hydrogens (primary N) is 1. The van der Waals surface area contributed by atoms with Gasteiger partial charge in [-0.15, -0.1) is 0 Å². The number of rotatable bonds is 3. The molecule has 2 rings (SSSR count). The van der Waals surface area contributed by atoms with Crippen LogP contribution in [0.1, 0.15) is 66.4 Å². The summed E-state index contributed by atoms with van der Waals surface area (Å²) in [5.74, 6) is 0.544. The largest absolute Gasteiger partial charge is 0.325 e. The lowest BCUT2D eigenvalue weighted by Crippen LogP contribution is -2.40. The van der Waals surface area contributed by atoms with Crippen LogP contribution in [0.5, 0.6) is 0 Å². The van der Waals surface area contributed by atoms with Crippen LogP contribution in [0.4, 0.5) is 0 Å². The van der Waals surface area contributed by atoms with Crippen molar-refractivity contribution in [3.8, 4) is 0 Å². The Morgan fingerprint density at radius 3 is 2.13 bits per heavy atom. The van der Waals surface area contributed by atoms with Crippen molar-refractivity contribution in [1.29, 1.82) is 0 Å². The van der Waals surface area contributed by atoms with Crippen LogP contribution < -0.4 is 5.73 Å². The van der Waals surface area contributed by atoms with E-state index < -0.39 is 0 Å². The molecule has 0 heterocycles. The van der Waals surface area contributed by atoms with Crippen molar-refractivity contribution in [2.24, 2.45) is 11.7 Å². The molecule has 1 aliphatic rings. The van der Waals surface area contributed by atoms with Gasteiger partial charge in [0.05, 0.1) is 0 Å². The third-order valence-corrected chi connectivity index (χ3v) is 3.72. The van der Waals surface area contributed by atoms with Crippen molar-refractivity contribution in [2.45, 2.75) is 72.8 Å². The maximum absolute atomic E-state index is 6.21. The maximum atomic E-state index is 6.21. The van der Waals surface area contributed by atoms with E-state index in [2.05, 4.69) is 76.3 Å². The molecule has 1 aromatic carbocycles. The second-order valence-electron chi connectivity index (χ2n) is 6.54. The molecule has 0 saturated heterocycles. The second-order valence-corrected chi connectivity index (χ2v) is 6.54. The summed E-state index contributed by atoms with van der Waals surface area (Å²) in [5, 5.41) is 0. The fourth-order valence-electron chi connectivity index (χ4n) is 2.41. The first-order valence-corrected chi connectivity index (χ1v) is 9.15. The van der Waals surface area contributed by atoms with Gasteiger partial charge >= 0.3 is 0 Å². The van der Waals surface area contributed by atoms with Crippen molar-refractivity contribution in [3.63, 3.8) is 0 Å². The average molecular weight is 316 g/mol. The molecule has 0 amide bonds. The van der Waals surface area contributed by atoms with Gasteiger partial charge in [0.15, 0.2) is 0 Å². The quantitative estimate of drug-likeness (QED) is 0.695. The molecule has 130 valence electrons. The van der Waals surface area contributed by atoms with Gasteiger partial charge in [-0.3, -0.25) is 0 Å². The highest BCUT2D eigenvalue weighted by atomic mass is 14.7. The molecule has 2 N–H and O–H groups in total. The monoisotopic (exact) mass is 315 g/mol. The first kappa shape index (κ1) is 21.7. The molecule has 1 aliphatic carbocycles. The summed E-state index contributed by atoms with van der Waals surface area (Å²) in [6.45, 7) is 12.5. The van der Waals surface area contributed by atoms with Crippen LogP contribution in [-0.2, 0) is 6.42 Å². The van der Waals surface area contributed by atoms with Crippen LogP contribution in [0.3, 0.4) is 0 Å². The number of hydrogen-bond acceptors (Lipinski definition) is 1. The van der Waals surface area contributed by atoms with Gasteiger partial charge in [0.2, 0.25) is 0 Å². The molecule has 0 aromatic heterocycles. The molecule has 0 bridgehead atoms. The molecule has 1 atom stereocenters. The number of benzene rings is 1. The van der Waals surface area contributed by atoms with Crippen LogP contribution in [-0.4, -0.2) is 5.54 Å². The maximum Gasteiger partial charge on any atom is 0.0131 e. The van der Waals surface area contributed by atoms with Gasteiger partial charge in [-0.1, -0.05) is 82.7 Å². The fraction of sp³-hybridized carbons (Fsp3) is 0.545.